The molecule has 0 amide bonds. The van der Waals surface area contributed by atoms with Crippen LogP contribution in [0.2, 0.25) is 0 Å². The predicted molar refractivity (Wildman–Crippen MR) is 92.7 cm³/mol. The molecular weight excluding hydrogens is 258 g/mol. The van der Waals surface area contributed by atoms with Crippen molar-refractivity contribution in [1.29, 1.82) is 0 Å². The molecule has 0 fully saturated rings. The fourth-order valence-corrected chi connectivity index (χ4v) is 1.82. The van der Waals surface area contributed by atoms with Gasteiger partial charge in [0.1, 0.15) is 6.61 Å². The number of benzene rings is 1. The summed E-state index contributed by atoms with van der Waals surface area (Å²) in [5.41, 5.74) is 3.47. The third kappa shape index (κ3) is 6.26. The van der Waals surface area contributed by atoms with Crippen LogP contribution in [-0.2, 0) is 4.74 Å². The molecule has 0 atom stereocenters. The highest BCUT2D eigenvalue weighted by molar-refractivity contribution is 5.75. The van der Waals surface area contributed by atoms with Crippen LogP contribution in [0.25, 0.3) is 5.57 Å². The zero-order valence-electron chi connectivity index (χ0n) is 13.5. The number of aliphatic imine (C=N–C) groups is 1. The van der Waals surface area contributed by atoms with Gasteiger partial charge in [0.2, 0.25) is 0 Å². The maximum atomic E-state index is 5.12. The number of hydrogen-bond donors (Lipinski definition) is 0. The van der Waals surface area contributed by atoms with E-state index in [4.69, 9.17) is 4.74 Å². The van der Waals surface area contributed by atoms with Gasteiger partial charge >= 0.3 is 0 Å². The van der Waals surface area contributed by atoms with Crippen LogP contribution in [0.15, 0.2) is 60.6 Å². The lowest BCUT2D eigenvalue weighted by Gasteiger charge is -2.07. The van der Waals surface area contributed by atoms with Gasteiger partial charge in [-0.1, -0.05) is 61.2 Å². The molecule has 1 aliphatic heterocycles. The molecule has 0 aliphatic carbocycles. The van der Waals surface area contributed by atoms with Crippen molar-refractivity contribution in [3.63, 3.8) is 0 Å². The van der Waals surface area contributed by atoms with Crippen molar-refractivity contribution < 1.29 is 4.74 Å². The normalized spacial score (nSPS) is 15.7. The maximum Gasteiger partial charge on any atom is 0.180 e. The zero-order valence-corrected chi connectivity index (χ0v) is 13.5. The highest BCUT2D eigenvalue weighted by atomic mass is 16.5. The Morgan fingerprint density at radius 1 is 1.24 bits per heavy atom. The van der Waals surface area contributed by atoms with E-state index in [2.05, 4.69) is 63.2 Å². The number of allylic oxidation sites excluding steroid dienone is 4. The zero-order chi connectivity index (χ0) is 15.9. The highest BCUT2D eigenvalue weighted by Crippen LogP contribution is 2.16. The first kappa shape index (κ1) is 17.0. The average Bonchev–Trinajstić information content (AvgIpc) is 2.75. The van der Waals surface area contributed by atoms with Gasteiger partial charge < -0.3 is 4.74 Å². The smallest absolute Gasteiger partial charge is 0.180 e. The Hall–Kier alpha value is -2.09. The van der Waals surface area contributed by atoms with Gasteiger partial charge in [0.25, 0.3) is 0 Å². The molecule has 2 rings (SSSR count). The van der Waals surface area contributed by atoms with Gasteiger partial charge in [-0.3, -0.25) is 0 Å². The summed E-state index contributed by atoms with van der Waals surface area (Å²) in [7, 11) is 0. The van der Waals surface area contributed by atoms with Crippen LogP contribution in [0.1, 0.15) is 31.9 Å². The fourth-order valence-electron chi connectivity index (χ4n) is 1.82. The Morgan fingerprint density at radius 2 is 1.86 bits per heavy atom. The summed E-state index contributed by atoms with van der Waals surface area (Å²) < 4.78 is 5.12. The molecule has 0 radical (unpaired) electrons. The Balaban J connectivity index is 0.000000235. The van der Waals surface area contributed by atoms with E-state index < -0.39 is 0 Å². The summed E-state index contributed by atoms with van der Waals surface area (Å²) in [4.78, 5) is 4.22. The molecule has 1 aromatic carbocycles. The van der Waals surface area contributed by atoms with E-state index in [1.165, 1.54) is 5.56 Å². The molecule has 0 spiro atoms. The first-order valence-corrected chi connectivity index (χ1v) is 7.08. The van der Waals surface area contributed by atoms with E-state index in [0.29, 0.717) is 0 Å². The molecule has 0 N–H and O–H groups in total. The average molecular weight is 283 g/mol. The molecular formula is C19H25NO. The van der Waals surface area contributed by atoms with Crippen molar-refractivity contribution in [3.8, 4) is 0 Å². The van der Waals surface area contributed by atoms with Gasteiger partial charge in [-0.25, -0.2) is 4.99 Å². The third-order valence-corrected chi connectivity index (χ3v) is 2.95. The van der Waals surface area contributed by atoms with Gasteiger partial charge in [0.15, 0.2) is 5.90 Å². The third-order valence-electron chi connectivity index (χ3n) is 2.95. The van der Waals surface area contributed by atoms with Crippen molar-refractivity contribution in [2.75, 3.05) is 6.61 Å². The molecule has 0 bridgehead atoms. The molecule has 0 saturated carbocycles. The van der Waals surface area contributed by atoms with Crippen molar-refractivity contribution in [2.45, 2.75) is 33.2 Å². The lowest BCUT2D eigenvalue weighted by Crippen LogP contribution is -2.17. The lowest BCUT2D eigenvalue weighted by atomic mass is 10.1. The van der Waals surface area contributed by atoms with Crippen LogP contribution in [0.4, 0.5) is 0 Å². The topological polar surface area (TPSA) is 21.6 Å². The molecule has 1 aliphatic rings. The van der Waals surface area contributed by atoms with E-state index in [-0.39, 0.29) is 5.54 Å². The van der Waals surface area contributed by atoms with Crippen molar-refractivity contribution >= 4 is 11.5 Å². The van der Waals surface area contributed by atoms with E-state index in [9.17, 15) is 0 Å². The predicted octanol–water partition coefficient (Wildman–Crippen LogP) is 4.96. The molecule has 2 heteroatoms. The van der Waals surface area contributed by atoms with Crippen LogP contribution in [0.3, 0.4) is 0 Å². The molecule has 0 aromatic heterocycles. The first-order chi connectivity index (χ1) is 9.84. The van der Waals surface area contributed by atoms with Crippen LogP contribution in [0.5, 0.6) is 0 Å². The molecule has 0 unspecified atom stereocenters. The Labute approximate surface area is 128 Å². The van der Waals surface area contributed by atoms with Gasteiger partial charge in [-0.2, -0.15) is 0 Å². The van der Waals surface area contributed by atoms with Crippen LogP contribution >= 0.6 is 0 Å². The summed E-state index contributed by atoms with van der Waals surface area (Å²) in [6.07, 6.45) is 5.60. The summed E-state index contributed by atoms with van der Waals surface area (Å²) in [6.45, 7) is 16.4. The minimum atomic E-state index is 0.0318. The van der Waals surface area contributed by atoms with E-state index in [1.54, 1.807) is 6.08 Å². The number of ether oxygens (including phenoxy) is 1. The van der Waals surface area contributed by atoms with Crippen molar-refractivity contribution in [1.82, 2.24) is 0 Å². The van der Waals surface area contributed by atoms with Crippen molar-refractivity contribution in [3.05, 3.63) is 66.8 Å². The molecule has 1 heterocycles. The second kappa shape index (κ2) is 7.63. The quantitative estimate of drug-likeness (QED) is 0.718. The number of aryl methyl sites for hydroxylation is 1. The van der Waals surface area contributed by atoms with Crippen LogP contribution < -0.4 is 0 Å². The molecule has 21 heavy (non-hydrogen) atoms. The minimum Gasteiger partial charge on any atom is -0.479 e. The monoisotopic (exact) mass is 283 g/mol. The molecule has 2 nitrogen and oxygen atoms in total. The molecule has 112 valence electrons. The Bertz CT molecular complexity index is 547. The SMILES string of the molecule is C=C/C=C\C(=C)c1ccc(C)cc1.CC1=NC(C)(C)CO1. The lowest BCUT2D eigenvalue weighted by molar-refractivity contribution is 0.277. The molecule has 1 aromatic rings. The maximum absolute atomic E-state index is 5.12. The van der Waals surface area contributed by atoms with E-state index in [1.807, 2.05) is 19.1 Å². The van der Waals surface area contributed by atoms with Crippen LogP contribution in [-0.4, -0.2) is 18.0 Å². The van der Waals surface area contributed by atoms with Gasteiger partial charge in [0.05, 0.1) is 5.54 Å². The largest absolute Gasteiger partial charge is 0.479 e. The number of nitrogens with zero attached hydrogens (tertiary/aromatic N) is 1. The number of rotatable bonds is 3. The second-order valence-corrected chi connectivity index (χ2v) is 5.72. The Kier molecular flexibility index (Phi) is 6.16. The van der Waals surface area contributed by atoms with Gasteiger partial charge in [-0.05, 0) is 31.9 Å². The van der Waals surface area contributed by atoms with E-state index in [0.717, 1.165) is 23.6 Å². The standard InChI is InChI=1S/C13H14.C6H11NO/c1-4-5-6-12(3)13-9-7-11(2)8-10-13;1-5-7-6(2,3)4-8-5/h4-10H,1,3H2,2H3;4H2,1-3H3/b6-5-;. The summed E-state index contributed by atoms with van der Waals surface area (Å²) in [5, 5.41) is 0. The van der Waals surface area contributed by atoms with E-state index >= 15 is 0 Å². The number of hydrogen-bond acceptors (Lipinski definition) is 2. The van der Waals surface area contributed by atoms with Gasteiger partial charge in [-0.15, -0.1) is 0 Å². The summed E-state index contributed by atoms with van der Waals surface area (Å²) >= 11 is 0. The fraction of sp³-hybridized carbons (Fsp3) is 0.316. The minimum absolute atomic E-state index is 0.0318. The van der Waals surface area contributed by atoms with Crippen LogP contribution in [0, 0.1) is 6.92 Å². The Morgan fingerprint density at radius 3 is 2.24 bits per heavy atom. The first-order valence-electron chi connectivity index (χ1n) is 7.08. The molecule has 0 saturated heterocycles. The summed E-state index contributed by atoms with van der Waals surface area (Å²) in [6, 6.07) is 8.32. The highest BCUT2D eigenvalue weighted by Gasteiger charge is 2.23. The van der Waals surface area contributed by atoms with Gasteiger partial charge in [0, 0.05) is 6.92 Å². The second-order valence-electron chi connectivity index (χ2n) is 5.72. The summed E-state index contributed by atoms with van der Waals surface area (Å²) in [5.74, 6) is 0.815. The van der Waals surface area contributed by atoms with Crippen molar-refractivity contribution in [2.24, 2.45) is 4.99 Å².